The summed E-state index contributed by atoms with van der Waals surface area (Å²) in [5, 5.41) is 0. The smallest absolute Gasteiger partial charge is 0.339 e. The SMILES string of the molecule is COC(=O)c1ccc(C(=O)N2CCN(C(C)=O)CC2)cc1C#CCN. The molecule has 0 aliphatic carbocycles. The second-order valence-electron chi connectivity index (χ2n) is 5.56. The molecule has 0 radical (unpaired) electrons. The highest BCUT2D eigenvalue weighted by molar-refractivity contribution is 5.98. The van der Waals surface area contributed by atoms with Gasteiger partial charge in [-0.25, -0.2) is 4.79 Å². The quantitative estimate of drug-likeness (QED) is 0.607. The Morgan fingerprint density at radius 3 is 2.36 bits per heavy atom. The van der Waals surface area contributed by atoms with Crippen LogP contribution in [0.15, 0.2) is 18.2 Å². The van der Waals surface area contributed by atoms with Crippen LogP contribution in [0.3, 0.4) is 0 Å². The maximum absolute atomic E-state index is 12.7. The van der Waals surface area contributed by atoms with Crippen molar-refractivity contribution >= 4 is 17.8 Å². The minimum atomic E-state index is -0.518. The number of carbonyl (C=O) groups is 3. The molecular formula is C18H21N3O4. The first-order valence-electron chi connectivity index (χ1n) is 7.94. The molecule has 1 fully saturated rings. The first-order chi connectivity index (χ1) is 12.0. The molecule has 0 atom stereocenters. The summed E-state index contributed by atoms with van der Waals surface area (Å²) in [6.07, 6.45) is 0. The number of hydrogen-bond acceptors (Lipinski definition) is 5. The van der Waals surface area contributed by atoms with Crippen molar-refractivity contribution in [3.63, 3.8) is 0 Å². The van der Waals surface area contributed by atoms with E-state index in [4.69, 9.17) is 10.5 Å². The van der Waals surface area contributed by atoms with Crippen LogP contribution in [0, 0.1) is 11.8 Å². The molecule has 0 unspecified atom stereocenters. The molecule has 0 aromatic heterocycles. The van der Waals surface area contributed by atoms with Gasteiger partial charge >= 0.3 is 5.97 Å². The van der Waals surface area contributed by atoms with Crippen molar-refractivity contribution in [2.75, 3.05) is 39.8 Å². The van der Waals surface area contributed by atoms with Gasteiger partial charge in [0.25, 0.3) is 5.91 Å². The Labute approximate surface area is 146 Å². The third-order valence-corrected chi connectivity index (χ3v) is 4.01. The largest absolute Gasteiger partial charge is 0.465 e. The van der Waals surface area contributed by atoms with Gasteiger partial charge < -0.3 is 20.3 Å². The Morgan fingerprint density at radius 2 is 1.80 bits per heavy atom. The van der Waals surface area contributed by atoms with Crippen molar-refractivity contribution in [3.8, 4) is 11.8 Å². The van der Waals surface area contributed by atoms with Crippen molar-refractivity contribution < 1.29 is 19.1 Å². The lowest BCUT2D eigenvalue weighted by Crippen LogP contribution is -2.50. The number of benzene rings is 1. The topological polar surface area (TPSA) is 92.9 Å². The van der Waals surface area contributed by atoms with Crippen LogP contribution in [-0.4, -0.2) is 67.4 Å². The molecule has 0 bridgehead atoms. The summed E-state index contributed by atoms with van der Waals surface area (Å²) in [7, 11) is 1.29. The summed E-state index contributed by atoms with van der Waals surface area (Å²) in [5.74, 6) is 4.83. The molecule has 7 heteroatoms. The number of hydrogen-bond donors (Lipinski definition) is 1. The van der Waals surface area contributed by atoms with Gasteiger partial charge in [0.2, 0.25) is 5.91 Å². The van der Waals surface area contributed by atoms with E-state index in [2.05, 4.69) is 11.8 Å². The van der Waals surface area contributed by atoms with E-state index >= 15 is 0 Å². The van der Waals surface area contributed by atoms with Gasteiger partial charge in [0.1, 0.15) is 0 Å². The summed E-state index contributed by atoms with van der Waals surface area (Å²) in [5.41, 5.74) is 6.53. The molecule has 1 aliphatic heterocycles. The number of amides is 2. The number of carbonyl (C=O) groups excluding carboxylic acids is 3. The molecular weight excluding hydrogens is 322 g/mol. The molecule has 1 aromatic carbocycles. The molecule has 0 saturated carbocycles. The van der Waals surface area contributed by atoms with Crippen molar-refractivity contribution in [2.45, 2.75) is 6.92 Å². The van der Waals surface area contributed by atoms with Crippen LogP contribution in [-0.2, 0) is 9.53 Å². The van der Waals surface area contributed by atoms with Gasteiger partial charge in [-0.15, -0.1) is 0 Å². The number of nitrogens with zero attached hydrogens (tertiary/aromatic N) is 2. The maximum Gasteiger partial charge on any atom is 0.339 e. The fourth-order valence-electron chi connectivity index (χ4n) is 2.62. The molecule has 2 N–H and O–H groups in total. The zero-order chi connectivity index (χ0) is 18.4. The van der Waals surface area contributed by atoms with Crippen molar-refractivity contribution in [3.05, 3.63) is 34.9 Å². The summed E-state index contributed by atoms with van der Waals surface area (Å²) in [6, 6.07) is 4.69. The number of methoxy groups -OCH3 is 1. The molecule has 2 amide bonds. The van der Waals surface area contributed by atoms with Gasteiger partial charge in [0, 0.05) is 44.2 Å². The van der Waals surface area contributed by atoms with E-state index in [9.17, 15) is 14.4 Å². The second kappa shape index (κ2) is 8.31. The van der Waals surface area contributed by atoms with E-state index in [0.29, 0.717) is 42.9 Å². The predicted octanol–water partition coefficient (Wildman–Crippen LogP) is 0.0877. The summed E-state index contributed by atoms with van der Waals surface area (Å²) in [6.45, 7) is 3.64. The third-order valence-electron chi connectivity index (χ3n) is 4.01. The van der Waals surface area contributed by atoms with Crippen LogP contribution in [0.5, 0.6) is 0 Å². The molecule has 132 valence electrons. The Morgan fingerprint density at radius 1 is 1.16 bits per heavy atom. The minimum absolute atomic E-state index is 0.00822. The van der Waals surface area contributed by atoms with Gasteiger partial charge in [0.15, 0.2) is 0 Å². The van der Waals surface area contributed by atoms with Crippen molar-refractivity contribution in [1.82, 2.24) is 9.80 Å². The monoisotopic (exact) mass is 343 g/mol. The summed E-state index contributed by atoms with van der Waals surface area (Å²) in [4.78, 5) is 39.3. The molecule has 1 aliphatic rings. The van der Waals surface area contributed by atoms with Crippen LogP contribution in [0.1, 0.15) is 33.2 Å². The molecule has 0 spiro atoms. The fraction of sp³-hybridized carbons (Fsp3) is 0.389. The van der Waals surface area contributed by atoms with E-state index < -0.39 is 5.97 Å². The lowest BCUT2D eigenvalue weighted by molar-refractivity contribution is -0.130. The zero-order valence-corrected chi connectivity index (χ0v) is 14.4. The standard InChI is InChI=1S/C18H21N3O4/c1-13(22)20-8-10-21(11-9-20)17(23)15-5-6-16(18(24)25-2)14(12-15)4-3-7-19/h5-6,12H,7-11,19H2,1-2H3. The number of piperazine rings is 1. The van der Waals surface area contributed by atoms with Crippen LogP contribution < -0.4 is 5.73 Å². The van der Waals surface area contributed by atoms with Crippen LogP contribution in [0.25, 0.3) is 0 Å². The highest BCUT2D eigenvalue weighted by Crippen LogP contribution is 2.15. The van der Waals surface area contributed by atoms with Crippen LogP contribution >= 0.6 is 0 Å². The predicted molar refractivity (Wildman–Crippen MR) is 91.9 cm³/mol. The molecule has 1 saturated heterocycles. The van der Waals surface area contributed by atoms with E-state index in [0.717, 1.165) is 0 Å². The third kappa shape index (κ3) is 4.37. The van der Waals surface area contributed by atoms with Gasteiger partial charge in [-0.3, -0.25) is 9.59 Å². The number of esters is 1. The first kappa shape index (κ1) is 18.5. The lowest BCUT2D eigenvalue weighted by atomic mass is 10.0. The Hall–Kier alpha value is -2.85. The Kier molecular flexibility index (Phi) is 6.14. The number of ether oxygens (including phenoxy) is 1. The van der Waals surface area contributed by atoms with E-state index in [1.807, 2.05) is 0 Å². The van der Waals surface area contributed by atoms with E-state index in [1.54, 1.807) is 21.9 Å². The van der Waals surface area contributed by atoms with Gasteiger partial charge in [-0.2, -0.15) is 0 Å². The minimum Gasteiger partial charge on any atom is -0.465 e. The highest BCUT2D eigenvalue weighted by Gasteiger charge is 2.24. The molecule has 7 nitrogen and oxygen atoms in total. The number of nitrogens with two attached hydrogens (primary N) is 1. The average Bonchev–Trinajstić information content (AvgIpc) is 2.64. The van der Waals surface area contributed by atoms with Gasteiger partial charge in [0.05, 0.1) is 19.2 Å². The Bertz CT molecular complexity index is 740. The first-order valence-corrected chi connectivity index (χ1v) is 7.94. The zero-order valence-electron chi connectivity index (χ0n) is 14.4. The van der Waals surface area contributed by atoms with E-state index in [1.165, 1.54) is 20.1 Å². The molecule has 1 aromatic rings. The van der Waals surface area contributed by atoms with Gasteiger partial charge in [-0.05, 0) is 18.2 Å². The Balaban J connectivity index is 2.23. The summed E-state index contributed by atoms with van der Waals surface area (Å²) < 4.78 is 4.74. The van der Waals surface area contributed by atoms with Crippen molar-refractivity contribution in [1.29, 1.82) is 0 Å². The maximum atomic E-state index is 12.7. The summed E-state index contributed by atoms with van der Waals surface area (Å²) >= 11 is 0. The molecule has 1 heterocycles. The van der Waals surface area contributed by atoms with Gasteiger partial charge in [-0.1, -0.05) is 11.8 Å². The average molecular weight is 343 g/mol. The molecule has 2 rings (SSSR count). The van der Waals surface area contributed by atoms with Crippen LogP contribution in [0.4, 0.5) is 0 Å². The van der Waals surface area contributed by atoms with Crippen molar-refractivity contribution in [2.24, 2.45) is 5.73 Å². The molecule has 25 heavy (non-hydrogen) atoms. The fourth-order valence-corrected chi connectivity index (χ4v) is 2.62. The normalized spacial score (nSPS) is 13.7. The second-order valence-corrected chi connectivity index (χ2v) is 5.56. The highest BCUT2D eigenvalue weighted by atomic mass is 16.5. The number of rotatable bonds is 2. The van der Waals surface area contributed by atoms with E-state index in [-0.39, 0.29) is 18.4 Å². The van der Waals surface area contributed by atoms with Crippen LogP contribution in [0.2, 0.25) is 0 Å². The lowest BCUT2D eigenvalue weighted by Gasteiger charge is -2.34.